The number of amides is 1. The van der Waals surface area contributed by atoms with E-state index in [1.165, 1.54) is 0 Å². The Morgan fingerprint density at radius 2 is 2.00 bits per heavy atom. The van der Waals surface area contributed by atoms with Crippen molar-refractivity contribution < 1.29 is 14.3 Å². The molecule has 7 heteroatoms. The molecule has 1 amide bonds. The number of anilines is 2. The van der Waals surface area contributed by atoms with E-state index >= 15 is 0 Å². The molecule has 0 radical (unpaired) electrons. The molecule has 2 aliphatic heterocycles. The van der Waals surface area contributed by atoms with Gasteiger partial charge in [0.15, 0.2) is 11.5 Å². The number of halogens is 1. The fraction of sp³-hybridized carbons (Fsp3) is 0.350. The number of nitrogens with zero attached hydrogens (tertiary/aromatic N) is 1. The summed E-state index contributed by atoms with van der Waals surface area (Å²) >= 11 is 5.38. The Morgan fingerprint density at radius 1 is 1.26 bits per heavy atom. The van der Waals surface area contributed by atoms with Gasteiger partial charge in [0, 0.05) is 33.3 Å². The molecule has 0 aliphatic carbocycles. The lowest BCUT2D eigenvalue weighted by Crippen LogP contribution is -2.36. The zero-order chi connectivity index (χ0) is 18.8. The summed E-state index contributed by atoms with van der Waals surface area (Å²) in [5, 5.41) is 3.73. The summed E-state index contributed by atoms with van der Waals surface area (Å²) in [6.45, 7) is 4.24. The number of ether oxygens (including phenoxy) is 2. The number of rotatable bonds is 3. The fourth-order valence-corrected chi connectivity index (χ4v) is 4.79. The molecule has 2 aromatic rings. The Hall–Kier alpha value is -1.86. The molecule has 0 bridgehead atoms. The Kier molecular flexibility index (Phi) is 5.50. The van der Waals surface area contributed by atoms with E-state index in [1.54, 1.807) is 0 Å². The normalized spacial score (nSPS) is 18.4. The second-order valence-electron chi connectivity index (χ2n) is 6.56. The molecule has 2 aromatic carbocycles. The van der Waals surface area contributed by atoms with E-state index < -0.39 is 0 Å². The molecule has 5 nitrogen and oxygen atoms in total. The quantitative estimate of drug-likeness (QED) is 0.745. The molecular formula is C20H21BrN2O3S. The molecule has 27 heavy (non-hydrogen) atoms. The van der Waals surface area contributed by atoms with Gasteiger partial charge in [0.2, 0.25) is 5.91 Å². The number of carbonyl (C=O) groups excluding carboxylic acids is 1. The molecule has 1 N–H and O–H groups in total. The van der Waals surface area contributed by atoms with Crippen molar-refractivity contribution >= 4 is 45.0 Å². The molecule has 0 saturated carbocycles. The number of para-hydroxylation sites is 1. The molecule has 2 heterocycles. The highest BCUT2D eigenvalue weighted by Crippen LogP contribution is 2.39. The molecule has 2 aliphatic rings. The van der Waals surface area contributed by atoms with Crippen molar-refractivity contribution in [2.24, 2.45) is 0 Å². The van der Waals surface area contributed by atoms with Crippen LogP contribution in [0.15, 0.2) is 45.8 Å². The highest BCUT2D eigenvalue weighted by Gasteiger charge is 2.24. The Labute approximate surface area is 171 Å². The van der Waals surface area contributed by atoms with Crippen molar-refractivity contribution in [1.82, 2.24) is 0 Å². The number of hydrogen-bond donors (Lipinski definition) is 1. The van der Waals surface area contributed by atoms with Crippen LogP contribution in [0.3, 0.4) is 0 Å². The number of thioether (sulfide) groups is 1. The fourth-order valence-electron chi connectivity index (χ4n) is 3.21. The lowest BCUT2D eigenvalue weighted by molar-refractivity contribution is -0.117. The van der Waals surface area contributed by atoms with Gasteiger partial charge in [-0.1, -0.05) is 19.1 Å². The molecular weight excluding hydrogens is 428 g/mol. The first-order valence-electron chi connectivity index (χ1n) is 9.01. The summed E-state index contributed by atoms with van der Waals surface area (Å²) in [6, 6.07) is 11.9. The van der Waals surface area contributed by atoms with Crippen molar-refractivity contribution in [2.75, 3.05) is 36.5 Å². The van der Waals surface area contributed by atoms with E-state index in [0.29, 0.717) is 24.2 Å². The number of fused-ring (bicyclic) bond motifs is 2. The van der Waals surface area contributed by atoms with Crippen LogP contribution in [0.2, 0.25) is 0 Å². The van der Waals surface area contributed by atoms with Crippen molar-refractivity contribution in [3.63, 3.8) is 0 Å². The molecule has 142 valence electrons. The Bertz CT molecular complexity index is 861. The van der Waals surface area contributed by atoms with E-state index in [0.717, 1.165) is 39.5 Å². The van der Waals surface area contributed by atoms with Gasteiger partial charge in [0.05, 0.1) is 17.9 Å². The topological polar surface area (TPSA) is 50.8 Å². The van der Waals surface area contributed by atoms with E-state index in [9.17, 15) is 4.79 Å². The van der Waals surface area contributed by atoms with Crippen LogP contribution >= 0.6 is 27.7 Å². The van der Waals surface area contributed by atoms with Gasteiger partial charge in [-0.3, -0.25) is 4.79 Å². The van der Waals surface area contributed by atoms with Crippen LogP contribution in [0, 0.1) is 0 Å². The van der Waals surface area contributed by atoms with Gasteiger partial charge in [-0.15, -0.1) is 11.8 Å². The molecule has 0 spiro atoms. The maximum absolute atomic E-state index is 13.0. The Morgan fingerprint density at radius 3 is 2.81 bits per heavy atom. The second kappa shape index (κ2) is 8.02. The standard InChI is InChI=1S/C20H21BrN2O3S/c1-13-6-7-23(16-4-2-3-5-19(16)27-13)20(24)12-22-15-11-18-17(10-14(15)21)25-8-9-26-18/h2-5,10-11,13,22H,6-9,12H2,1H3/t13-/m1/s1. The smallest absolute Gasteiger partial charge is 0.246 e. The van der Waals surface area contributed by atoms with E-state index in [1.807, 2.05) is 47.0 Å². The molecule has 0 fully saturated rings. The lowest BCUT2D eigenvalue weighted by Gasteiger charge is -2.24. The summed E-state index contributed by atoms with van der Waals surface area (Å²) < 4.78 is 12.1. The van der Waals surface area contributed by atoms with Gasteiger partial charge in [0.25, 0.3) is 0 Å². The van der Waals surface area contributed by atoms with Crippen LogP contribution in [0.25, 0.3) is 0 Å². The largest absolute Gasteiger partial charge is 0.486 e. The van der Waals surface area contributed by atoms with Crippen molar-refractivity contribution in [3.05, 3.63) is 40.9 Å². The zero-order valence-corrected chi connectivity index (χ0v) is 17.4. The second-order valence-corrected chi connectivity index (χ2v) is 8.89. The summed E-state index contributed by atoms with van der Waals surface area (Å²) in [7, 11) is 0. The van der Waals surface area contributed by atoms with Crippen LogP contribution < -0.4 is 19.7 Å². The predicted octanol–water partition coefficient (Wildman–Crippen LogP) is 4.55. The third-order valence-corrected chi connectivity index (χ3v) is 6.50. The Balaban J connectivity index is 1.50. The average Bonchev–Trinajstić information content (AvgIpc) is 2.84. The van der Waals surface area contributed by atoms with Crippen LogP contribution in [0.5, 0.6) is 11.5 Å². The van der Waals surface area contributed by atoms with Gasteiger partial charge >= 0.3 is 0 Å². The van der Waals surface area contributed by atoms with Crippen molar-refractivity contribution in [3.8, 4) is 11.5 Å². The number of hydrogen-bond acceptors (Lipinski definition) is 5. The van der Waals surface area contributed by atoms with Gasteiger partial charge < -0.3 is 19.7 Å². The van der Waals surface area contributed by atoms with Crippen molar-refractivity contribution in [1.29, 1.82) is 0 Å². The SMILES string of the molecule is C[C@@H]1CCN(C(=O)CNc2cc3c(cc2Br)OCCO3)c2ccccc2S1. The minimum atomic E-state index is 0.0546. The summed E-state index contributed by atoms with van der Waals surface area (Å²) in [4.78, 5) is 16.0. The molecule has 0 saturated heterocycles. The molecule has 4 rings (SSSR count). The average molecular weight is 449 g/mol. The molecule has 0 unspecified atom stereocenters. The van der Waals surface area contributed by atoms with Crippen LogP contribution in [0.4, 0.5) is 11.4 Å². The minimum absolute atomic E-state index is 0.0546. The van der Waals surface area contributed by atoms with Gasteiger partial charge in [-0.2, -0.15) is 0 Å². The first-order chi connectivity index (χ1) is 13.1. The number of carbonyl (C=O) groups is 1. The molecule has 0 aromatic heterocycles. The van der Waals surface area contributed by atoms with Gasteiger partial charge in [-0.25, -0.2) is 0 Å². The lowest BCUT2D eigenvalue weighted by atomic mass is 10.2. The number of benzene rings is 2. The zero-order valence-electron chi connectivity index (χ0n) is 15.0. The third-order valence-electron chi connectivity index (χ3n) is 4.61. The third kappa shape index (κ3) is 4.04. The first kappa shape index (κ1) is 18.5. The first-order valence-corrected chi connectivity index (χ1v) is 10.7. The van der Waals surface area contributed by atoms with Gasteiger partial charge in [0.1, 0.15) is 13.2 Å². The summed E-state index contributed by atoms with van der Waals surface area (Å²) in [5.74, 6) is 1.47. The highest BCUT2D eigenvalue weighted by atomic mass is 79.9. The maximum Gasteiger partial charge on any atom is 0.246 e. The minimum Gasteiger partial charge on any atom is -0.486 e. The summed E-state index contributed by atoms with van der Waals surface area (Å²) in [5.41, 5.74) is 1.82. The predicted molar refractivity (Wildman–Crippen MR) is 112 cm³/mol. The van der Waals surface area contributed by atoms with E-state index in [-0.39, 0.29) is 12.5 Å². The van der Waals surface area contributed by atoms with Crippen LogP contribution in [0.1, 0.15) is 13.3 Å². The van der Waals surface area contributed by atoms with Crippen LogP contribution in [-0.2, 0) is 4.79 Å². The van der Waals surface area contributed by atoms with Gasteiger partial charge in [-0.05, 0) is 34.5 Å². The van der Waals surface area contributed by atoms with Crippen molar-refractivity contribution in [2.45, 2.75) is 23.5 Å². The monoisotopic (exact) mass is 448 g/mol. The highest BCUT2D eigenvalue weighted by molar-refractivity contribution is 9.10. The van der Waals surface area contributed by atoms with E-state index in [4.69, 9.17) is 9.47 Å². The number of nitrogens with one attached hydrogen (secondary N) is 1. The molecule has 1 atom stereocenters. The van der Waals surface area contributed by atoms with Crippen LogP contribution in [-0.4, -0.2) is 37.5 Å². The maximum atomic E-state index is 13.0. The summed E-state index contributed by atoms with van der Waals surface area (Å²) in [6.07, 6.45) is 0.971. The van der Waals surface area contributed by atoms with E-state index in [2.05, 4.69) is 34.2 Å².